The molecule has 0 saturated heterocycles. The fourth-order valence-electron chi connectivity index (χ4n) is 2.01. The van der Waals surface area contributed by atoms with E-state index in [2.05, 4.69) is 21.6 Å². The molecular weight excluding hydrogens is 246 g/mol. The number of aromatic nitrogens is 2. The van der Waals surface area contributed by atoms with Crippen LogP contribution in [0.1, 0.15) is 12.5 Å². The zero-order valence-electron chi connectivity index (χ0n) is 10.7. The maximum absolute atomic E-state index is 10.1. The molecule has 5 heteroatoms. The third-order valence-corrected chi connectivity index (χ3v) is 3.75. The Morgan fingerprint density at radius 1 is 1.50 bits per heavy atom. The largest absolute Gasteiger partial charge is 0.388 e. The first-order valence-corrected chi connectivity index (χ1v) is 7.35. The third-order valence-electron chi connectivity index (χ3n) is 2.84. The maximum Gasteiger partial charge on any atom is 0.0833 e. The second kappa shape index (κ2) is 5.73. The Kier molecular flexibility index (Phi) is 4.27. The zero-order chi connectivity index (χ0) is 13.0. The number of aliphatic hydroxyl groups is 1. The third kappa shape index (κ3) is 3.25. The topological polar surface area (TPSA) is 60.9 Å². The molecule has 0 fully saturated rings. The first kappa shape index (κ1) is 13.4. The van der Waals surface area contributed by atoms with Crippen molar-refractivity contribution in [3.05, 3.63) is 30.0 Å². The van der Waals surface area contributed by atoms with Crippen molar-refractivity contribution in [2.75, 3.05) is 18.6 Å². The summed E-state index contributed by atoms with van der Waals surface area (Å²) < 4.78 is 0. The van der Waals surface area contributed by atoms with E-state index in [4.69, 9.17) is 0 Å². The lowest BCUT2D eigenvalue weighted by molar-refractivity contribution is 0.0846. The molecule has 1 aromatic carbocycles. The lowest BCUT2D eigenvalue weighted by Crippen LogP contribution is -2.39. The molecule has 0 amide bonds. The monoisotopic (exact) mass is 265 g/mol. The molecular formula is C13H19N3OS. The summed E-state index contributed by atoms with van der Waals surface area (Å²) >= 11 is 1.65. The van der Waals surface area contributed by atoms with Gasteiger partial charge in [0.25, 0.3) is 0 Å². The summed E-state index contributed by atoms with van der Waals surface area (Å²) in [5.41, 5.74) is 1.57. The molecule has 3 N–H and O–H groups in total. The number of fused-ring (bicyclic) bond motifs is 1. The number of thioether (sulfide) groups is 1. The van der Waals surface area contributed by atoms with Crippen LogP contribution in [-0.4, -0.2) is 39.5 Å². The van der Waals surface area contributed by atoms with Gasteiger partial charge in [0.2, 0.25) is 0 Å². The van der Waals surface area contributed by atoms with Gasteiger partial charge in [0.05, 0.1) is 17.3 Å². The Bertz CT molecular complexity index is 510. The highest BCUT2D eigenvalue weighted by Gasteiger charge is 2.18. The first-order chi connectivity index (χ1) is 8.62. The van der Waals surface area contributed by atoms with Crippen LogP contribution in [0.4, 0.5) is 0 Å². The molecule has 98 valence electrons. The number of H-pyrrole nitrogens is 1. The summed E-state index contributed by atoms with van der Waals surface area (Å²) in [4.78, 5) is 0. The molecule has 18 heavy (non-hydrogen) atoms. The number of para-hydroxylation sites is 1. The van der Waals surface area contributed by atoms with Crippen LogP contribution >= 0.6 is 11.8 Å². The van der Waals surface area contributed by atoms with Crippen LogP contribution in [-0.2, 0) is 6.54 Å². The number of rotatable bonds is 6. The number of benzene rings is 1. The van der Waals surface area contributed by atoms with Crippen LogP contribution in [0.2, 0.25) is 0 Å². The highest BCUT2D eigenvalue weighted by atomic mass is 32.2. The summed E-state index contributed by atoms with van der Waals surface area (Å²) in [5, 5.41) is 21.5. The predicted molar refractivity (Wildman–Crippen MR) is 76.8 cm³/mol. The van der Waals surface area contributed by atoms with Gasteiger partial charge in [0.1, 0.15) is 0 Å². The molecule has 0 saturated carbocycles. The maximum atomic E-state index is 10.1. The number of nitrogens with zero attached hydrogens (tertiary/aromatic N) is 1. The molecule has 0 aliphatic rings. The van der Waals surface area contributed by atoms with Gasteiger partial charge in [0.15, 0.2) is 0 Å². The minimum Gasteiger partial charge on any atom is -0.388 e. The Labute approximate surface area is 111 Å². The van der Waals surface area contributed by atoms with E-state index >= 15 is 0 Å². The SMILES string of the molecule is CSCC(C)(O)CNCc1cccc2cn[nH]c12. The molecule has 2 aromatic rings. The van der Waals surface area contributed by atoms with E-state index < -0.39 is 5.60 Å². The van der Waals surface area contributed by atoms with E-state index in [-0.39, 0.29) is 0 Å². The van der Waals surface area contributed by atoms with E-state index in [1.54, 1.807) is 11.8 Å². The van der Waals surface area contributed by atoms with E-state index in [0.29, 0.717) is 6.54 Å². The number of aromatic amines is 1. The Hall–Kier alpha value is -1.04. The zero-order valence-corrected chi connectivity index (χ0v) is 11.5. The molecule has 0 spiro atoms. The van der Waals surface area contributed by atoms with Crippen LogP contribution in [0.25, 0.3) is 10.9 Å². The van der Waals surface area contributed by atoms with E-state index in [0.717, 1.165) is 23.2 Å². The lowest BCUT2D eigenvalue weighted by atomic mass is 10.1. The smallest absolute Gasteiger partial charge is 0.0833 e. The van der Waals surface area contributed by atoms with E-state index in [1.807, 2.05) is 31.5 Å². The summed E-state index contributed by atoms with van der Waals surface area (Å²) in [7, 11) is 0. The molecule has 0 bridgehead atoms. The van der Waals surface area contributed by atoms with Gasteiger partial charge in [-0.3, -0.25) is 5.10 Å². The molecule has 4 nitrogen and oxygen atoms in total. The normalized spacial score (nSPS) is 14.8. The van der Waals surface area contributed by atoms with Gasteiger partial charge in [0, 0.05) is 24.2 Å². The molecule has 0 radical (unpaired) electrons. The van der Waals surface area contributed by atoms with Crippen molar-refractivity contribution >= 4 is 22.7 Å². The van der Waals surface area contributed by atoms with Crippen molar-refractivity contribution in [1.82, 2.24) is 15.5 Å². The molecule has 1 aromatic heterocycles. The van der Waals surface area contributed by atoms with Crippen molar-refractivity contribution in [3.8, 4) is 0 Å². The van der Waals surface area contributed by atoms with Gasteiger partial charge in [-0.25, -0.2) is 0 Å². The minimum absolute atomic E-state index is 0.582. The Morgan fingerprint density at radius 3 is 3.11 bits per heavy atom. The summed E-state index contributed by atoms with van der Waals surface area (Å²) in [6, 6.07) is 6.12. The molecule has 0 aliphatic carbocycles. The second-order valence-corrected chi connectivity index (χ2v) is 5.65. The van der Waals surface area contributed by atoms with Crippen molar-refractivity contribution in [3.63, 3.8) is 0 Å². The second-order valence-electron chi connectivity index (χ2n) is 4.78. The van der Waals surface area contributed by atoms with Crippen LogP contribution in [0.5, 0.6) is 0 Å². The van der Waals surface area contributed by atoms with Crippen molar-refractivity contribution in [2.45, 2.75) is 19.1 Å². The van der Waals surface area contributed by atoms with Crippen LogP contribution in [0.15, 0.2) is 24.4 Å². The van der Waals surface area contributed by atoms with Crippen LogP contribution < -0.4 is 5.32 Å². The highest BCUT2D eigenvalue weighted by molar-refractivity contribution is 7.98. The van der Waals surface area contributed by atoms with Crippen LogP contribution in [0.3, 0.4) is 0 Å². The van der Waals surface area contributed by atoms with Gasteiger partial charge in [-0.2, -0.15) is 16.9 Å². The molecule has 0 aliphatic heterocycles. The van der Waals surface area contributed by atoms with E-state index in [1.165, 1.54) is 5.56 Å². The van der Waals surface area contributed by atoms with Gasteiger partial charge in [-0.15, -0.1) is 0 Å². The molecule has 2 rings (SSSR count). The average molecular weight is 265 g/mol. The molecule has 1 heterocycles. The lowest BCUT2D eigenvalue weighted by Gasteiger charge is -2.22. The summed E-state index contributed by atoms with van der Waals surface area (Å²) in [5.74, 6) is 0.730. The van der Waals surface area contributed by atoms with Crippen LogP contribution in [0, 0.1) is 0 Å². The average Bonchev–Trinajstić information content (AvgIpc) is 2.77. The van der Waals surface area contributed by atoms with Gasteiger partial charge in [-0.1, -0.05) is 18.2 Å². The quantitative estimate of drug-likeness (QED) is 0.745. The highest BCUT2D eigenvalue weighted by Crippen LogP contribution is 2.15. The number of hydrogen-bond acceptors (Lipinski definition) is 4. The fourth-order valence-corrected chi connectivity index (χ4v) is 2.73. The molecule has 1 atom stereocenters. The van der Waals surface area contributed by atoms with Crippen molar-refractivity contribution in [2.24, 2.45) is 0 Å². The Morgan fingerprint density at radius 2 is 2.33 bits per heavy atom. The van der Waals surface area contributed by atoms with Gasteiger partial charge < -0.3 is 10.4 Å². The van der Waals surface area contributed by atoms with Gasteiger partial charge >= 0.3 is 0 Å². The minimum atomic E-state index is -0.665. The Balaban J connectivity index is 1.96. The van der Waals surface area contributed by atoms with Crippen molar-refractivity contribution in [1.29, 1.82) is 0 Å². The predicted octanol–water partition coefficient (Wildman–Crippen LogP) is 1.77. The van der Waals surface area contributed by atoms with Crippen molar-refractivity contribution < 1.29 is 5.11 Å². The van der Waals surface area contributed by atoms with E-state index in [9.17, 15) is 5.11 Å². The molecule has 1 unspecified atom stereocenters. The first-order valence-electron chi connectivity index (χ1n) is 5.95. The number of nitrogens with one attached hydrogen (secondary N) is 2. The van der Waals surface area contributed by atoms with Gasteiger partial charge in [-0.05, 0) is 18.7 Å². The number of hydrogen-bond donors (Lipinski definition) is 3. The summed E-state index contributed by atoms with van der Waals surface area (Å²) in [6.07, 6.45) is 3.82. The standard InChI is InChI=1S/C13H19N3OS/c1-13(17,9-18-2)8-14-6-10-4-3-5-11-7-15-16-12(10)11/h3-5,7,14,17H,6,8-9H2,1-2H3,(H,15,16). The fraction of sp³-hybridized carbons (Fsp3) is 0.462. The summed E-state index contributed by atoms with van der Waals surface area (Å²) in [6.45, 7) is 3.16.